The highest BCUT2D eigenvalue weighted by molar-refractivity contribution is 6.35. The Kier molecular flexibility index (Phi) is 4.51. The highest BCUT2D eigenvalue weighted by Crippen LogP contribution is 2.28. The molecule has 0 aliphatic carbocycles. The van der Waals surface area contributed by atoms with Gasteiger partial charge in [0.2, 0.25) is 5.91 Å². The lowest BCUT2D eigenvalue weighted by atomic mass is 10.1. The minimum atomic E-state index is -0.590. The fourth-order valence-corrected chi connectivity index (χ4v) is 2.18. The minimum absolute atomic E-state index is 0.0367. The molecular formula is C11H10Cl2FN5O. The quantitative estimate of drug-likeness (QED) is 0.875. The Morgan fingerprint density at radius 2 is 2.20 bits per heavy atom. The summed E-state index contributed by atoms with van der Waals surface area (Å²) in [5, 5.41) is 13.3. The lowest BCUT2D eigenvalue weighted by Gasteiger charge is -2.16. The van der Waals surface area contributed by atoms with Crippen LogP contribution in [0.4, 0.5) is 4.39 Å². The summed E-state index contributed by atoms with van der Waals surface area (Å²) in [4.78, 5) is 11.8. The molecule has 0 fully saturated rings. The first-order valence-electron chi connectivity index (χ1n) is 5.62. The lowest BCUT2D eigenvalue weighted by Crippen LogP contribution is -2.30. The van der Waals surface area contributed by atoms with Gasteiger partial charge in [0.25, 0.3) is 0 Å². The molecule has 20 heavy (non-hydrogen) atoms. The van der Waals surface area contributed by atoms with Crippen molar-refractivity contribution in [2.45, 2.75) is 19.5 Å². The number of hydrogen-bond donors (Lipinski definition) is 1. The van der Waals surface area contributed by atoms with Crippen molar-refractivity contribution in [3.8, 4) is 0 Å². The SMILES string of the molecule is C[C@H](NC(=O)Cn1cnnn1)c1cc(F)c(Cl)cc1Cl. The number of tetrazole rings is 1. The maximum atomic E-state index is 13.4. The Morgan fingerprint density at radius 1 is 1.45 bits per heavy atom. The maximum Gasteiger partial charge on any atom is 0.242 e. The lowest BCUT2D eigenvalue weighted by molar-refractivity contribution is -0.122. The zero-order valence-electron chi connectivity index (χ0n) is 10.3. The Bertz CT molecular complexity index is 620. The molecule has 0 saturated carbocycles. The molecule has 1 amide bonds. The highest BCUT2D eigenvalue weighted by atomic mass is 35.5. The number of carbonyl (C=O) groups excluding carboxylic acids is 1. The van der Waals surface area contributed by atoms with Crippen LogP contribution in [0, 0.1) is 5.82 Å². The molecule has 0 bridgehead atoms. The van der Waals surface area contributed by atoms with Gasteiger partial charge in [-0.1, -0.05) is 23.2 Å². The van der Waals surface area contributed by atoms with Crippen molar-refractivity contribution in [2.24, 2.45) is 0 Å². The number of amides is 1. The normalized spacial score (nSPS) is 12.2. The topological polar surface area (TPSA) is 72.7 Å². The summed E-state index contributed by atoms with van der Waals surface area (Å²) in [6, 6.07) is 2.03. The van der Waals surface area contributed by atoms with E-state index in [4.69, 9.17) is 23.2 Å². The Balaban J connectivity index is 2.06. The summed E-state index contributed by atoms with van der Waals surface area (Å²) >= 11 is 11.6. The molecule has 1 heterocycles. The molecule has 0 aliphatic heterocycles. The largest absolute Gasteiger partial charge is 0.348 e. The van der Waals surface area contributed by atoms with Gasteiger partial charge in [0.1, 0.15) is 18.7 Å². The first-order valence-corrected chi connectivity index (χ1v) is 6.37. The van der Waals surface area contributed by atoms with Crippen molar-refractivity contribution in [1.82, 2.24) is 25.5 Å². The van der Waals surface area contributed by atoms with Crippen molar-refractivity contribution in [2.75, 3.05) is 0 Å². The molecule has 9 heteroatoms. The van der Waals surface area contributed by atoms with Gasteiger partial charge in [-0.15, -0.1) is 5.10 Å². The highest BCUT2D eigenvalue weighted by Gasteiger charge is 2.16. The van der Waals surface area contributed by atoms with E-state index in [0.29, 0.717) is 5.56 Å². The number of nitrogens with one attached hydrogen (secondary N) is 1. The van der Waals surface area contributed by atoms with Crippen LogP contribution < -0.4 is 5.32 Å². The van der Waals surface area contributed by atoms with Crippen molar-refractivity contribution >= 4 is 29.1 Å². The molecule has 2 aromatic rings. The van der Waals surface area contributed by atoms with E-state index in [1.807, 2.05) is 0 Å². The summed E-state index contributed by atoms with van der Waals surface area (Å²) < 4.78 is 14.7. The Morgan fingerprint density at radius 3 is 2.85 bits per heavy atom. The molecule has 0 saturated heterocycles. The van der Waals surface area contributed by atoms with E-state index < -0.39 is 11.9 Å². The average Bonchev–Trinajstić information content (AvgIpc) is 2.86. The number of halogens is 3. The maximum absolute atomic E-state index is 13.4. The zero-order chi connectivity index (χ0) is 14.7. The van der Waals surface area contributed by atoms with Gasteiger partial charge >= 0.3 is 0 Å². The predicted molar refractivity (Wildman–Crippen MR) is 70.8 cm³/mol. The van der Waals surface area contributed by atoms with E-state index in [0.717, 1.165) is 0 Å². The number of benzene rings is 1. The van der Waals surface area contributed by atoms with Crippen LogP contribution in [-0.2, 0) is 11.3 Å². The summed E-state index contributed by atoms with van der Waals surface area (Å²) in [5.74, 6) is -0.913. The van der Waals surface area contributed by atoms with Gasteiger partial charge in [0.15, 0.2) is 0 Å². The molecule has 1 aromatic heterocycles. The molecule has 1 atom stereocenters. The first kappa shape index (κ1) is 14.7. The van der Waals surface area contributed by atoms with Crippen LogP contribution in [0.5, 0.6) is 0 Å². The molecule has 0 aliphatic rings. The van der Waals surface area contributed by atoms with Crippen LogP contribution in [0.25, 0.3) is 0 Å². The van der Waals surface area contributed by atoms with Crippen LogP contribution in [0.15, 0.2) is 18.5 Å². The third-order valence-electron chi connectivity index (χ3n) is 2.58. The van der Waals surface area contributed by atoms with Crippen LogP contribution >= 0.6 is 23.2 Å². The van der Waals surface area contributed by atoms with Crippen LogP contribution in [-0.4, -0.2) is 26.1 Å². The third kappa shape index (κ3) is 3.43. The monoisotopic (exact) mass is 317 g/mol. The number of rotatable bonds is 4. The van der Waals surface area contributed by atoms with Crippen molar-refractivity contribution in [3.63, 3.8) is 0 Å². The van der Waals surface area contributed by atoms with E-state index in [9.17, 15) is 9.18 Å². The second kappa shape index (κ2) is 6.15. The zero-order valence-corrected chi connectivity index (χ0v) is 11.9. The van der Waals surface area contributed by atoms with Gasteiger partial charge in [-0.3, -0.25) is 4.79 Å². The molecule has 6 nitrogen and oxygen atoms in total. The molecule has 0 spiro atoms. The fraction of sp³-hybridized carbons (Fsp3) is 0.273. The van der Waals surface area contributed by atoms with E-state index in [1.54, 1.807) is 6.92 Å². The Labute approximate surface area is 123 Å². The summed E-state index contributed by atoms with van der Waals surface area (Å²) in [7, 11) is 0. The second-order valence-electron chi connectivity index (χ2n) is 4.08. The van der Waals surface area contributed by atoms with Gasteiger partial charge in [-0.05, 0) is 35.0 Å². The summed E-state index contributed by atoms with van der Waals surface area (Å²) in [6.07, 6.45) is 1.32. The average molecular weight is 318 g/mol. The molecule has 0 radical (unpaired) electrons. The molecule has 2 rings (SSSR count). The van der Waals surface area contributed by atoms with Gasteiger partial charge in [-0.25, -0.2) is 9.07 Å². The summed E-state index contributed by atoms with van der Waals surface area (Å²) in [6.45, 7) is 1.65. The minimum Gasteiger partial charge on any atom is -0.348 e. The fourth-order valence-electron chi connectivity index (χ4n) is 1.63. The van der Waals surface area contributed by atoms with Crippen molar-refractivity contribution < 1.29 is 9.18 Å². The molecule has 1 N–H and O–H groups in total. The van der Waals surface area contributed by atoms with Crippen LogP contribution in [0.2, 0.25) is 10.0 Å². The number of aromatic nitrogens is 4. The van der Waals surface area contributed by atoms with Gasteiger partial charge in [0.05, 0.1) is 11.1 Å². The van der Waals surface area contributed by atoms with Gasteiger partial charge in [-0.2, -0.15) is 0 Å². The van der Waals surface area contributed by atoms with Gasteiger partial charge in [0, 0.05) is 5.02 Å². The van der Waals surface area contributed by atoms with Crippen LogP contribution in [0.3, 0.4) is 0 Å². The number of nitrogens with zero attached hydrogens (tertiary/aromatic N) is 4. The van der Waals surface area contributed by atoms with Crippen LogP contribution in [0.1, 0.15) is 18.5 Å². The second-order valence-corrected chi connectivity index (χ2v) is 4.90. The third-order valence-corrected chi connectivity index (χ3v) is 3.20. The van der Waals surface area contributed by atoms with Gasteiger partial charge < -0.3 is 5.32 Å². The Hall–Kier alpha value is -1.73. The molecule has 106 valence electrons. The summed E-state index contributed by atoms with van der Waals surface area (Å²) in [5.41, 5.74) is 0.443. The van der Waals surface area contributed by atoms with Crippen molar-refractivity contribution in [3.05, 3.63) is 39.9 Å². The van der Waals surface area contributed by atoms with E-state index in [2.05, 4.69) is 20.8 Å². The van der Waals surface area contributed by atoms with E-state index in [1.165, 1.54) is 23.1 Å². The number of carbonyl (C=O) groups is 1. The molecule has 0 unspecified atom stereocenters. The van der Waals surface area contributed by atoms with Crippen molar-refractivity contribution in [1.29, 1.82) is 0 Å². The molecular weight excluding hydrogens is 308 g/mol. The molecule has 1 aromatic carbocycles. The predicted octanol–water partition coefficient (Wildman–Crippen LogP) is 2.00. The van der Waals surface area contributed by atoms with E-state index in [-0.39, 0.29) is 22.5 Å². The van der Waals surface area contributed by atoms with E-state index >= 15 is 0 Å². The first-order chi connectivity index (χ1) is 9.47. The number of hydrogen-bond acceptors (Lipinski definition) is 4. The smallest absolute Gasteiger partial charge is 0.242 e. The standard InChI is InChI=1S/C11H10Cl2FN5O/c1-6(7-2-10(14)9(13)3-8(7)12)16-11(20)4-19-5-15-17-18-19/h2-3,5-6H,4H2,1H3,(H,16,20)/t6-/m0/s1.